The third-order valence-electron chi connectivity index (χ3n) is 4.70. The number of benzene rings is 2. The van der Waals surface area contributed by atoms with Crippen LogP contribution < -0.4 is 5.32 Å². The normalized spacial score (nSPS) is 19.0. The van der Waals surface area contributed by atoms with Crippen molar-refractivity contribution in [2.75, 3.05) is 13.1 Å². The van der Waals surface area contributed by atoms with Crippen molar-refractivity contribution in [2.45, 2.75) is 51.8 Å². The van der Waals surface area contributed by atoms with Crippen molar-refractivity contribution in [1.82, 2.24) is 10.2 Å². The first-order chi connectivity index (χ1) is 12.2. The van der Waals surface area contributed by atoms with Crippen LogP contribution in [0.1, 0.15) is 45.7 Å². The highest BCUT2D eigenvalue weighted by atomic mass is 19.1. The molecule has 0 saturated carbocycles. The molecule has 0 aliphatic carbocycles. The van der Waals surface area contributed by atoms with Gasteiger partial charge < -0.3 is 15.0 Å². The van der Waals surface area contributed by atoms with Gasteiger partial charge >= 0.3 is 6.09 Å². The maximum Gasteiger partial charge on any atom is 0.410 e. The highest BCUT2D eigenvalue weighted by Crippen LogP contribution is 2.27. The molecule has 2 atom stereocenters. The van der Waals surface area contributed by atoms with Gasteiger partial charge in [0.15, 0.2) is 0 Å². The molecule has 5 heteroatoms. The summed E-state index contributed by atoms with van der Waals surface area (Å²) in [5, 5.41) is 5.15. The van der Waals surface area contributed by atoms with E-state index in [1.54, 1.807) is 11.0 Å². The van der Waals surface area contributed by atoms with Crippen LogP contribution in [0.25, 0.3) is 10.8 Å². The molecule has 1 aliphatic rings. The second-order valence-corrected chi connectivity index (χ2v) is 7.98. The van der Waals surface area contributed by atoms with E-state index < -0.39 is 5.60 Å². The van der Waals surface area contributed by atoms with Crippen LogP contribution in [0.4, 0.5) is 9.18 Å². The maximum atomic E-state index is 14.0. The topological polar surface area (TPSA) is 41.6 Å². The molecule has 1 N–H and O–H groups in total. The third kappa shape index (κ3) is 4.15. The molecule has 2 aromatic rings. The summed E-state index contributed by atoms with van der Waals surface area (Å²) in [5.41, 5.74) is 0.584. The van der Waals surface area contributed by atoms with E-state index in [0.29, 0.717) is 18.5 Å². The lowest BCUT2D eigenvalue weighted by atomic mass is 9.98. The number of amides is 1. The molecular formula is C21H27FN2O2. The molecule has 0 unspecified atom stereocenters. The lowest BCUT2D eigenvalue weighted by Gasteiger charge is -2.25. The number of carbonyl (C=O) groups is 1. The Labute approximate surface area is 154 Å². The Bertz CT molecular complexity index is 800. The van der Waals surface area contributed by atoms with Crippen LogP contribution >= 0.6 is 0 Å². The number of ether oxygens (including phenoxy) is 1. The summed E-state index contributed by atoms with van der Waals surface area (Å²) in [6.45, 7) is 9.01. The fourth-order valence-electron chi connectivity index (χ4n) is 3.50. The smallest absolute Gasteiger partial charge is 0.410 e. The van der Waals surface area contributed by atoms with Gasteiger partial charge in [-0.3, -0.25) is 0 Å². The van der Waals surface area contributed by atoms with Crippen molar-refractivity contribution in [3.05, 3.63) is 47.8 Å². The molecule has 0 aromatic heterocycles. The van der Waals surface area contributed by atoms with Crippen LogP contribution in [-0.4, -0.2) is 35.7 Å². The lowest BCUT2D eigenvalue weighted by molar-refractivity contribution is 0.0290. The van der Waals surface area contributed by atoms with Gasteiger partial charge in [-0.15, -0.1) is 0 Å². The minimum Gasteiger partial charge on any atom is -0.444 e. The Morgan fingerprint density at radius 3 is 2.62 bits per heavy atom. The Morgan fingerprint density at radius 1 is 1.23 bits per heavy atom. The third-order valence-corrected chi connectivity index (χ3v) is 4.70. The molecule has 1 aliphatic heterocycles. The molecule has 26 heavy (non-hydrogen) atoms. The van der Waals surface area contributed by atoms with Crippen LogP contribution in [0.15, 0.2) is 36.4 Å². The van der Waals surface area contributed by atoms with Gasteiger partial charge in [-0.05, 0) is 51.1 Å². The van der Waals surface area contributed by atoms with E-state index in [0.717, 1.165) is 17.4 Å². The lowest BCUT2D eigenvalue weighted by Crippen LogP contribution is -2.39. The van der Waals surface area contributed by atoms with Crippen molar-refractivity contribution in [3.63, 3.8) is 0 Å². The molecule has 1 amide bonds. The number of halogens is 1. The van der Waals surface area contributed by atoms with Gasteiger partial charge in [0.2, 0.25) is 0 Å². The summed E-state index contributed by atoms with van der Waals surface area (Å²) in [6.07, 6.45) is 0.615. The number of rotatable bonds is 3. The van der Waals surface area contributed by atoms with Gasteiger partial charge in [-0.1, -0.05) is 30.3 Å². The molecular weight excluding hydrogens is 331 g/mol. The molecule has 1 saturated heterocycles. The van der Waals surface area contributed by atoms with Gasteiger partial charge in [0.05, 0.1) is 0 Å². The highest BCUT2D eigenvalue weighted by Gasteiger charge is 2.30. The van der Waals surface area contributed by atoms with Crippen molar-refractivity contribution in [1.29, 1.82) is 0 Å². The molecule has 1 heterocycles. The van der Waals surface area contributed by atoms with Gasteiger partial charge in [-0.25, -0.2) is 9.18 Å². The molecule has 4 nitrogen and oxygen atoms in total. The van der Waals surface area contributed by atoms with Crippen LogP contribution in [0.2, 0.25) is 0 Å². The monoisotopic (exact) mass is 358 g/mol. The number of nitrogens with zero attached hydrogens (tertiary/aromatic N) is 1. The van der Waals surface area contributed by atoms with Gasteiger partial charge in [0, 0.05) is 30.6 Å². The fraction of sp³-hybridized carbons (Fsp3) is 0.476. The van der Waals surface area contributed by atoms with E-state index in [1.807, 2.05) is 45.0 Å². The number of nitrogens with one attached hydrogen (secondary N) is 1. The average Bonchev–Trinajstić information content (AvgIpc) is 3.02. The number of carbonyl (C=O) groups excluding carboxylic acids is 1. The standard InChI is InChI=1S/C21H27FN2O2/c1-14(16-9-10-19(22)18-8-6-5-7-17(16)18)23-15-11-12-24(13-15)20(25)26-21(2,3)4/h5-10,14-15,23H,11-13H2,1-4H3/t14-,15-/m0/s1. The number of hydrogen-bond donors (Lipinski definition) is 1. The SMILES string of the molecule is C[C@H](N[C@H]1CCN(C(=O)OC(C)(C)C)C1)c1ccc(F)c2ccccc12. The van der Waals surface area contributed by atoms with Crippen molar-refractivity contribution < 1.29 is 13.9 Å². The fourth-order valence-corrected chi connectivity index (χ4v) is 3.50. The van der Waals surface area contributed by atoms with Crippen LogP contribution in [0.3, 0.4) is 0 Å². The zero-order valence-electron chi connectivity index (χ0n) is 15.9. The molecule has 1 fully saturated rings. The zero-order chi connectivity index (χ0) is 18.9. The predicted molar refractivity (Wildman–Crippen MR) is 102 cm³/mol. The summed E-state index contributed by atoms with van der Waals surface area (Å²) in [6, 6.07) is 11.2. The van der Waals surface area contributed by atoms with Crippen molar-refractivity contribution >= 4 is 16.9 Å². The van der Waals surface area contributed by atoms with E-state index >= 15 is 0 Å². The number of fused-ring (bicyclic) bond motifs is 1. The largest absolute Gasteiger partial charge is 0.444 e. The molecule has 2 aromatic carbocycles. The van der Waals surface area contributed by atoms with E-state index in [1.165, 1.54) is 6.07 Å². The van der Waals surface area contributed by atoms with E-state index in [-0.39, 0.29) is 24.0 Å². The van der Waals surface area contributed by atoms with E-state index in [2.05, 4.69) is 12.2 Å². The Morgan fingerprint density at radius 2 is 1.92 bits per heavy atom. The maximum absolute atomic E-state index is 14.0. The minimum absolute atomic E-state index is 0.0593. The van der Waals surface area contributed by atoms with E-state index in [9.17, 15) is 9.18 Å². The molecule has 0 spiro atoms. The Balaban J connectivity index is 1.67. The predicted octanol–water partition coefficient (Wildman–Crippen LogP) is 4.64. The average molecular weight is 358 g/mol. The molecule has 0 radical (unpaired) electrons. The number of hydrogen-bond acceptors (Lipinski definition) is 3. The Hall–Kier alpha value is -2.14. The van der Waals surface area contributed by atoms with Crippen molar-refractivity contribution in [2.24, 2.45) is 0 Å². The summed E-state index contributed by atoms with van der Waals surface area (Å²) in [4.78, 5) is 14.0. The van der Waals surface area contributed by atoms with Gasteiger partial charge in [0.1, 0.15) is 11.4 Å². The first-order valence-corrected chi connectivity index (χ1v) is 9.16. The summed E-state index contributed by atoms with van der Waals surface area (Å²) < 4.78 is 19.5. The molecule has 0 bridgehead atoms. The van der Waals surface area contributed by atoms with Gasteiger partial charge in [-0.2, -0.15) is 0 Å². The van der Waals surface area contributed by atoms with Crippen LogP contribution in [0.5, 0.6) is 0 Å². The quantitative estimate of drug-likeness (QED) is 0.869. The Kier molecular flexibility index (Phi) is 5.19. The first kappa shape index (κ1) is 18.6. The molecule has 3 rings (SSSR count). The van der Waals surface area contributed by atoms with Crippen LogP contribution in [0, 0.1) is 5.82 Å². The van der Waals surface area contributed by atoms with E-state index in [4.69, 9.17) is 4.74 Å². The van der Waals surface area contributed by atoms with Crippen LogP contribution in [-0.2, 0) is 4.74 Å². The summed E-state index contributed by atoms with van der Waals surface area (Å²) in [7, 11) is 0. The van der Waals surface area contributed by atoms with Crippen molar-refractivity contribution in [3.8, 4) is 0 Å². The molecule has 140 valence electrons. The van der Waals surface area contributed by atoms with Gasteiger partial charge in [0.25, 0.3) is 0 Å². The zero-order valence-corrected chi connectivity index (χ0v) is 15.9. The number of likely N-dealkylation sites (tertiary alicyclic amines) is 1. The summed E-state index contributed by atoms with van der Waals surface area (Å²) in [5.74, 6) is -0.200. The first-order valence-electron chi connectivity index (χ1n) is 9.16. The minimum atomic E-state index is -0.483. The highest BCUT2D eigenvalue weighted by molar-refractivity contribution is 5.86. The summed E-state index contributed by atoms with van der Waals surface area (Å²) >= 11 is 0. The second kappa shape index (κ2) is 7.23. The second-order valence-electron chi connectivity index (χ2n) is 7.98.